The van der Waals surface area contributed by atoms with E-state index in [2.05, 4.69) is 32.8 Å². The molecule has 4 rings (SSSR count). The molecule has 1 saturated heterocycles. The van der Waals surface area contributed by atoms with Crippen molar-refractivity contribution in [2.45, 2.75) is 38.3 Å². The van der Waals surface area contributed by atoms with Crippen molar-refractivity contribution in [3.05, 3.63) is 76.4 Å². The first-order valence-corrected chi connectivity index (χ1v) is 9.92. The monoisotopic (exact) mass is 363 g/mol. The molecule has 0 N–H and O–H groups in total. The van der Waals surface area contributed by atoms with Crippen molar-refractivity contribution in [1.82, 2.24) is 4.90 Å². The van der Waals surface area contributed by atoms with Gasteiger partial charge in [0.25, 0.3) is 0 Å². The Morgan fingerprint density at radius 3 is 2.67 bits per heavy atom. The van der Waals surface area contributed by atoms with E-state index in [9.17, 15) is 4.39 Å². The number of rotatable bonds is 5. The molecule has 0 amide bonds. The van der Waals surface area contributed by atoms with Gasteiger partial charge in [-0.05, 0) is 48.9 Å². The second kappa shape index (κ2) is 8.10. The molecule has 0 unspecified atom stereocenters. The second-order valence-corrected chi connectivity index (χ2v) is 7.64. The van der Waals surface area contributed by atoms with E-state index in [1.54, 1.807) is 12.1 Å². The zero-order chi connectivity index (χ0) is 18.6. The molecule has 0 atom stereocenters. The summed E-state index contributed by atoms with van der Waals surface area (Å²) in [6.45, 7) is 11.7. The van der Waals surface area contributed by atoms with Crippen molar-refractivity contribution in [2.24, 2.45) is 0 Å². The Hall–Kier alpha value is -2.38. The van der Waals surface area contributed by atoms with Gasteiger partial charge < -0.3 is 14.6 Å². The number of hydrogen-bond acceptors (Lipinski definition) is 2. The maximum absolute atomic E-state index is 13.8. The highest BCUT2D eigenvalue weighted by Gasteiger charge is 2.29. The van der Waals surface area contributed by atoms with E-state index >= 15 is 0 Å². The summed E-state index contributed by atoms with van der Waals surface area (Å²) in [6.07, 6.45) is 4.21. The Kier molecular flexibility index (Phi) is 5.40. The fourth-order valence-corrected chi connectivity index (χ4v) is 4.45. The Labute approximate surface area is 161 Å². The van der Waals surface area contributed by atoms with E-state index in [1.807, 2.05) is 12.1 Å². The molecule has 0 spiro atoms. The molecule has 4 heteroatoms. The summed E-state index contributed by atoms with van der Waals surface area (Å²) in [4.78, 5) is 8.56. The lowest BCUT2D eigenvalue weighted by Crippen LogP contribution is -2.45. The molecule has 0 aliphatic carbocycles. The Bertz CT molecular complexity index is 834. The van der Waals surface area contributed by atoms with Crippen LogP contribution in [0.25, 0.3) is 4.85 Å². The first kappa shape index (κ1) is 18.0. The maximum Gasteiger partial charge on any atom is 0.239 e. The quantitative estimate of drug-likeness (QED) is 0.733. The van der Waals surface area contributed by atoms with Crippen molar-refractivity contribution in [1.29, 1.82) is 0 Å². The van der Waals surface area contributed by atoms with Crippen molar-refractivity contribution >= 4 is 5.69 Å². The molecule has 2 aromatic rings. The van der Waals surface area contributed by atoms with Crippen LogP contribution in [0.4, 0.5) is 10.1 Å². The highest BCUT2D eigenvalue weighted by molar-refractivity contribution is 5.60. The highest BCUT2D eigenvalue weighted by atomic mass is 19.1. The number of likely N-dealkylation sites (tertiary alicyclic amines) is 1. The van der Waals surface area contributed by atoms with Crippen LogP contribution in [0.3, 0.4) is 0 Å². The second-order valence-electron chi connectivity index (χ2n) is 7.64. The molecule has 0 bridgehead atoms. The van der Waals surface area contributed by atoms with E-state index in [-0.39, 0.29) is 5.82 Å². The maximum atomic E-state index is 13.8. The Balaban J connectivity index is 1.33. The van der Waals surface area contributed by atoms with Crippen LogP contribution in [0, 0.1) is 12.4 Å². The SMILES string of the molecule is [C-]#[N+]Cc1ccc2c(c1)N(C1CCN(CCc3ccccc3F)CC1)CC2. The molecule has 0 aromatic heterocycles. The lowest BCUT2D eigenvalue weighted by molar-refractivity contribution is 0.211. The van der Waals surface area contributed by atoms with Gasteiger partial charge in [0.05, 0.1) is 0 Å². The van der Waals surface area contributed by atoms with Gasteiger partial charge in [-0.3, -0.25) is 0 Å². The van der Waals surface area contributed by atoms with Crippen LogP contribution in [0.15, 0.2) is 42.5 Å². The molecule has 3 nitrogen and oxygen atoms in total. The lowest BCUT2D eigenvalue weighted by Gasteiger charge is -2.38. The molecule has 1 fully saturated rings. The molecule has 0 radical (unpaired) electrons. The minimum absolute atomic E-state index is 0.0868. The van der Waals surface area contributed by atoms with Crippen LogP contribution >= 0.6 is 0 Å². The van der Waals surface area contributed by atoms with Crippen LogP contribution in [0.2, 0.25) is 0 Å². The number of piperidine rings is 1. The molecule has 2 heterocycles. The number of benzene rings is 2. The summed E-state index contributed by atoms with van der Waals surface area (Å²) in [7, 11) is 0. The third-order valence-corrected chi connectivity index (χ3v) is 6.00. The first-order valence-electron chi connectivity index (χ1n) is 9.92. The van der Waals surface area contributed by atoms with Gasteiger partial charge in [-0.25, -0.2) is 11.0 Å². The van der Waals surface area contributed by atoms with Gasteiger partial charge in [-0.2, -0.15) is 0 Å². The van der Waals surface area contributed by atoms with Gasteiger partial charge in [0, 0.05) is 43.5 Å². The molecule has 0 saturated carbocycles. The van der Waals surface area contributed by atoms with Crippen molar-refractivity contribution in [3.63, 3.8) is 0 Å². The third kappa shape index (κ3) is 3.99. The van der Waals surface area contributed by atoms with Gasteiger partial charge in [-0.15, -0.1) is 0 Å². The van der Waals surface area contributed by atoms with Gasteiger partial charge in [-0.1, -0.05) is 30.3 Å². The van der Waals surface area contributed by atoms with Crippen LogP contribution in [0.5, 0.6) is 0 Å². The van der Waals surface area contributed by atoms with E-state index in [0.717, 1.165) is 63.0 Å². The molecule has 27 heavy (non-hydrogen) atoms. The number of fused-ring (bicyclic) bond motifs is 1. The standard InChI is InChI=1S/C23H26FN3/c1-25-17-18-6-7-20-9-15-27(23(20)16-18)21-10-13-26(14-11-21)12-8-19-4-2-3-5-22(19)24/h2-7,16,21H,8-15,17H2. The van der Waals surface area contributed by atoms with E-state index in [0.29, 0.717) is 12.6 Å². The Morgan fingerprint density at radius 2 is 1.89 bits per heavy atom. The molecular formula is C23H26FN3. The van der Waals surface area contributed by atoms with Crippen molar-refractivity contribution in [2.75, 3.05) is 31.1 Å². The number of halogens is 1. The molecular weight excluding hydrogens is 337 g/mol. The predicted octanol–water partition coefficient (Wildman–Crippen LogP) is 4.31. The van der Waals surface area contributed by atoms with E-state index in [1.165, 1.54) is 11.3 Å². The fraction of sp³-hybridized carbons (Fsp3) is 0.435. The van der Waals surface area contributed by atoms with Gasteiger partial charge in [0.2, 0.25) is 6.54 Å². The van der Waals surface area contributed by atoms with Crippen molar-refractivity contribution < 1.29 is 4.39 Å². The van der Waals surface area contributed by atoms with Crippen LogP contribution in [-0.2, 0) is 19.4 Å². The highest BCUT2D eigenvalue weighted by Crippen LogP contribution is 2.33. The summed E-state index contributed by atoms with van der Waals surface area (Å²) < 4.78 is 13.8. The van der Waals surface area contributed by atoms with Gasteiger partial charge in [0.15, 0.2) is 0 Å². The van der Waals surface area contributed by atoms with Gasteiger partial charge in [0.1, 0.15) is 5.82 Å². The lowest BCUT2D eigenvalue weighted by atomic mass is 10.0. The van der Waals surface area contributed by atoms with Crippen LogP contribution in [0.1, 0.15) is 29.5 Å². The molecule has 2 aliphatic rings. The van der Waals surface area contributed by atoms with Crippen LogP contribution < -0.4 is 4.90 Å². The zero-order valence-corrected chi connectivity index (χ0v) is 15.7. The average Bonchev–Trinajstić information content (AvgIpc) is 3.11. The largest absolute Gasteiger partial charge is 0.368 e. The van der Waals surface area contributed by atoms with Gasteiger partial charge >= 0.3 is 0 Å². The van der Waals surface area contributed by atoms with Crippen LogP contribution in [-0.4, -0.2) is 37.1 Å². The first-order chi connectivity index (χ1) is 13.2. The summed E-state index contributed by atoms with van der Waals surface area (Å²) in [5, 5.41) is 0. The fourth-order valence-electron chi connectivity index (χ4n) is 4.45. The smallest absolute Gasteiger partial charge is 0.239 e. The molecule has 140 valence electrons. The molecule has 2 aliphatic heterocycles. The predicted molar refractivity (Wildman–Crippen MR) is 107 cm³/mol. The zero-order valence-electron chi connectivity index (χ0n) is 15.7. The minimum Gasteiger partial charge on any atom is -0.368 e. The van der Waals surface area contributed by atoms with Crippen molar-refractivity contribution in [3.8, 4) is 0 Å². The summed E-state index contributed by atoms with van der Waals surface area (Å²) in [6, 6.07) is 14.2. The number of hydrogen-bond donors (Lipinski definition) is 0. The summed E-state index contributed by atoms with van der Waals surface area (Å²) in [5.74, 6) is -0.0868. The Morgan fingerprint density at radius 1 is 1.07 bits per heavy atom. The third-order valence-electron chi connectivity index (χ3n) is 6.00. The summed E-state index contributed by atoms with van der Waals surface area (Å²) in [5.41, 5.74) is 4.71. The average molecular weight is 363 g/mol. The van der Waals surface area contributed by atoms with E-state index in [4.69, 9.17) is 6.57 Å². The topological polar surface area (TPSA) is 10.8 Å². The number of anilines is 1. The minimum atomic E-state index is -0.0868. The van der Waals surface area contributed by atoms with E-state index < -0.39 is 0 Å². The number of nitrogens with zero attached hydrogens (tertiary/aromatic N) is 3. The normalized spacial score (nSPS) is 17.7. The summed E-state index contributed by atoms with van der Waals surface area (Å²) >= 11 is 0. The molecule has 2 aromatic carbocycles.